The molecule has 1 aromatic rings. The van der Waals surface area contributed by atoms with Crippen molar-refractivity contribution in [3.63, 3.8) is 0 Å². The molecule has 0 aromatic heterocycles. The maximum Gasteiger partial charge on any atom is 0.416 e. The molecule has 1 nitrogen and oxygen atoms in total. The Morgan fingerprint density at radius 1 is 1.36 bits per heavy atom. The van der Waals surface area contributed by atoms with Gasteiger partial charge in [-0.05, 0) is 17.7 Å². The molecular formula is C9H8BrF3O. The molecule has 0 saturated carbocycles. The van der Waals surface area contributed by atoms with E-state index in [1.165, 1.54) is 12.1 Å². The minimum absolute atomic E-state index is 0.217. The molecule has 1 unspecified atom stereocenters. The average Bonchev–Trinajstić information content (AvgIpc) is 2.15. The highest BCUT2D eigenvalue weighted by molar-refractivity contribution is 9.09. The van der Waals surface area contributed by atoms with Gasteiger partial charge in [0.25, 0.3) is 0 Å². The van der Waals surface area contributed by atoms with E-state index < -0.39 is 17.8 Å². The fourth-order valence-corrected chi connectivity index (χ4v) is 1.39. The predicted molar refractivity (Wildman–Crippen MR) is 50.2 cm³/mol. The Bertz CT molecular complexity index is 311. The van der Waals surface area contributed by atoms with Crippen LogP contribution in [0.4, 0.5) is 13.2 Å². The minimum Gasteiger partial charge on any atom is -0.388 e. The van der Waals surface area contributed by atoms with Gasteiger partial charge in [-0.2, -0.15) is 13.2 Å². The number of hydrogen-bond acceptors (Lipinski definition) is 1. The largest absolute Gasteiger partial charge is 0.416 e. The molecule has 0 saturated heterocycles. The molecule has 1 N–H and O–H groups in total. The molecule has 1 aromatic carbocycles. The van der Waals surface area contributed by atoms with Crippen LogP contribution in [0.3, 0.4) is 0 Å². The molecule has 78 valence electrons. The molecule has 1 atom stereocenters. The highest BCUT2D eigenvalue weighted by Crippen LogP contribution is 2.30. The van der Waals surface area contributed by atoms with Gasteiger partial charge in [-0.3, -0.25) is 0 Å². The van der Waals surface area contributed by atoms with E-state index in [4.69, 9.17) is 0 Å². The van der Waals surface area contributed by atoms with E-state index in [9.17, 15) is 18.3 Å². The Hall–Kier alpha value is -0.550. The van der Waals surface area contributed by atoms with Crippen LogP contribution in [0.15, 0.2) is 24.3 Å². The summed E-state index contributed by atoms with van der Waals surface area (Å²) < 4.78 is 36.7. The van der Waals surface area contributed by atoms with E-state index in [-0.39, 0.29) is 10.9 Å². The number of halogens is 4. The van der Waals surface area contributed by atoms with Gasteiger partial charge in [-0.15, -0.1) is 0 Å². The lowest BCUT2D eigenvalue weighted by Gasteiger charge is -2.11. The van der Waals surface area contributed by atoms with Crippen molar-refractivity contribution in [3.8, 4) is 0 Å². The number of aliphatic hydroxyl groups excluding tert-OH is 1. The number of rotatable bonds is 2. The molecule has 0 fully saturated rings. The molecule has 0 heterocycles. The van der Waals surface area contributed by atoms with E-state index in [1.807, 2.05) is 0 Å². The summed E-state index contributed by atoms with van der Waals surface area (Å²) in [6.45, 7) is 0. The van der Waals surface area contributed by atoms with Gasteiger partial charge in [0.2, 0.25) is 0 Å². The monoisotopic (exact) mass is 268 g/mol. The number of alkyl halides is 4. The summed E-state index contributed by atoms with van der Waals surface area (Å²) in [5.41, 5.74) is -0.480. The SMILES string of the molecule is OC(CBr)c1cccc(C(F)(F)F)c1. The maximum atomic E-state index is 12.2. The smallest absolute Gasteiger partial charge is 0.388 e. The van der Waals surface area contributed by atoms with Crippen molar-refractivity contribution >= 4 is 15.9 Å². The van der Waals surface area contributed by atoms with Crippen LogP contribution in [0, 0.1) is 0 Å². The van der Waals surface area contributed by atoms with E-state index in [1.54, 1.807) is 0 Å². The molecule has 0 bridgehead atoms. The molecule has 0 aliphatic rings. The molecule has 1 rings (SSSR count). The summed E-state index contributed by atoms with van der Waals surface area (Å²) in [5, 5.41) is 9.52. The zero-order valence-electron chi connectivity index (χ0n) is 7.05. The molecular weight excluding hydrogens is 261 g/mol. The number of benzene rings is 1. The van der Waals surface area contributed by atoms with Crippen LogP contribution in [0.25, 0.3) is 0 Å². The highest BCUT2D eigenvalue weighted by Gasteiger charge is 2.30. The summed E-state index contributed by atoms with van der Waals surface area (Å²) in [6, 6.07) is 4.67. The zero-order valence-corrected chi connectivity index (χ0v) is 8.64. The van der Waals surface area contributed by atoms with Gasteiger partial charge in [0.15, 0.2) is 0 Å². The van der Waals surface area contributed by atoms with E-state index >= 15 is 0 Å². The van der Waals surface area contributed by atoms with Gasteiger partial charge in [0.1, 0.15) is 0 Å². The zero-order chi connectivity index (χ0) is 10.8. The minimum atomic E-state index is -4.36. The van der Waals surface area contributed by atoms with Gasteiger partial charge in [-0.25, -0.2) is 0 Å². The van der Waals surface area contributed by atoms with Crippen molar-refractivity contribution in [2.75, 3.05) is 5.33 Å². The Labute approximate surface area is 87.7 Å². The molecule has 0 radical (unpaired) electrons. The van der Waals surface area contributed by atoms with Crippen molar-refractivity contribution in [1.29, 1.82) is 0 Å². The molecule has 0 aliphatic carbocycles. The van der Waals surface area contributed by atoms with Crippen LogP contribution >= 0.6 is 15.9 Å². The van der Waals surface area contributed by atoms with Crippen molar-refractivity contribution < 1.29 is 18.3 Å². The lowest BCUT2D eigenvalue weighted by Crippen LogP contribution is -2.07. The van der Waals surface area contributed by atoms with Crippen molar-refractivity contribution in [2.24, 2.45) is 0 Å². The first kappa shape index (κ1) is 11.5. The molecule has 14 heavy (non-hydrogen) atoms. The lowest BCUT2D eigenvalue weighted by molar-refractivity contribution is -0.137. The van der Waals surface area contributed by atoms with Crippen molar-refractivity contribution in [2.45, 2.75) is 12.3 Å². The Morgan fingerprint density at radius 2 is 2.00 bits per heavy atom. The van der Waals surface area contributed by atoms with Crippen LogP contribution in [0.5, 0.6) is 0 Å². The van der Waals surface area contributed by atoms with Crippen LogP contribution in [-0.2, 0) is 6.18 Å². The van der Waals surface area contributed by atoms with Gasteiger partial charge in [0.05, 0.1) is 11.7 Å². The lowest BCUT2D eigenvalue weighted by atomic mass is 10.1. The third-order valence-corrected chi connectivity index (χ3v) is 2.36. The Balaban J connectivity index is 3.01. The first-order chi connectivity index (χ1) is 6.45. The van der Waals surface area contributed by atoms with Crippen molar-refractivity contribution in [1.82, 2.24) is 0 Å². The molecule has 0 amide bonds. The molecule has 0 aliphatic heterocycles. The maximum absolute atomic E-state index is 12.2. The second-order valence-electron chi connectivity index (χ2n) is 2.79. The Morgan fingerprint density at radius 3 is 2.50 bits per heavy atom. The van der Waals surface area contributed by atoms with Crippen LogP contribution in [0.1, 0.15) is 17.2 Å². The summed E-state index contributed by atoms with van der Waals surface area (Å²) in [7, 11) is 0. The average molecular weight is 269 g/mol. The van der Waals surface area contributed by atoms with Crippen LogP contribution in [0.2, 0.25) is 0 Å². The summed E-state index contributed by atoms with van der Waals surface area (Å²) in [5.74, 6) is 0. The molecule has 5 heteroatoms. The number of hydrogen-bond donors (Lipinski definition) is 1. The molecule has 0 spiro atoms. The summed E-state index contributed by atoms with van der Waals surface area (Å²) in [6.07, 6.45) is -5.26. The van der Waals surface area contributed by atoms with Gasteiger partial charge in [-0.1, -0.05) is 28.1 Å². The first-order valence-electron chi connectivity index (χ1n) is 3.86. The van der Waals surface area contributed by atoms with E-state index in [0.29, 0.717) is 0 Å². The second kappa shape index (κ2) is 4.31. The standard InChI is InChI=1S/C9H8BrF3O/c10-5-8(14)6-2-1-3-7(4-6)9(11,12)13/h1-4,8,14H,5H2. The number of aliphatic hydroxyl groups is 1. The highest BCUT2D eigenvalue weighted by atomic mass is 79.9. The summed E-state index contributed by atoms with van der Waals surface area (Å²) >= 11 is 3.00. The van der Waals surface area contributed by atoms with E-state index in [0.717, 1.165) is 12.1 Å². The van der Waals surface area contributed by atoms with Crippen LogP contribution in [-0.4, -0.2) is 10.4 Å². The van der Waals surface area contributed by atoms with Gasteiger partial charge in [0, 0.05) is 5.33 Å². The fourth-order valence-electron chi connectivity index (χ4n) is 1.01. The third-order valence-electron chi connectivity index (χ3n) is 1.74. The van der Waals surface area contributed by atoms with Gasteiger partial charge < -0.3 is 5.11 Å². The predicted octanol–water partition coefficient (Wildman–Crippen LogP) is 3.13. The second-order valence-corrected chi connectivity index (χ2v) is 3.44. The Kier molecular flexibility index (Phi) is 3.55. The fraction of sp³-hybridized carbons (Fsp3) is 0.333. The summed E-state index contributed by atoms with van der Waals surface area (Å²) in [4.78, 5) is 0. The first-order valence-corrected chi connectivity index (χ1v) is 4.98. The van der Waals surface area contributed by atoms with Crippen molar-refractivity contribution in [3.05, 3.63) is 35.4 Å². The normalized spacial score (nSPS) is 14.1. The van der Waals surface area contributed by atoms with Crippen LogP contribution < -0.4 is 0 Å². The van der Waals surface area contributed by atoms with E-state index in [2.05, 4.69) is 15.9 Å². The quantitative estimate of drug-likeness (QED) is 0.818. The third kappa shape index (κ3) is 2.72. The topological polar surface area (TPSA) is 20.2 Å². The van der Waals surface area contributed by atoms with Gasteiger partial charge >= 0.3 is 6.18 Å².